The van der Waals surface area contributed by atoms with Gasteiger partial charge in [0.25, 0.3) is 5.91 Å². The van der Waals surface area contributed by atoms with Crippen LogP contribution in [0.2, 0.25) is 0 Å². The molecule has 3 heterocycles. The molecule has 2 amide bonds. The van der Waals surface area contributed by atoms with Gasteiger partial charge in [-0.25, -0.2) is 4.79 Å². The molecule has 0 saturated carbocycles. The third-order valence-electron chi connectivity index (χ3n) is 7.71. The number of rotatable bonds is 17. The van der Waals surface area contributed by atoms with Crippen molar-refractivity contribution in [1.82, 2.24) is 20.0 Å². The number of nitrogens with one attached hydrogen (secondary N) is 2. The minimum atomic E-state index is -0.948. The summed E-state index contributed by atoms with van der Waals surface area (Å²) in [6, 6.07) is 27.3. The Bertz CT molecular complexity index is 2170. The summed E-state index contributed by atoms with van der Waals surface area (Å²) < 4.78 is 36.7. The molecular formula is C38H36N6O9S. The van der Waals surface area contributed by atoms with Crippen molar-refractivity contribution in [1.29, 1.82) is 0 Å². The highest BCUT2D eigenvalue weighted by molar-refractivity contribution is 7.17. The van der Waals surface area contributed by atoms with Gasteiger partial charge in [-0.05, 0) is 29.3 Å². The second-order valence-corrected chi connectivity index (χ2v) is 12.5. The molecule has 16 heteroatoms. The van der Waals surface area contributed by atoms with Crippen LogP contribution < -0.4 is 30.5 Å². The van der Waals surface area contributed by atoms with Crippen LogP contribution in [-0.2, 0) is 27.5 Å². The van der Waals surface area contributed by atoms with Gasteiger partial charge in [-0.3, -0.25) is 14.9 Å². The number of ether oxygens (including phenoxy) is 5. The molecule has 6 rings (SSSR count). The second kappa shape index (κ2) is 17.9. The van der Waals surface area contributed by atoms with E-state index in [1.165, 1.54) is 38.1 Å². The van der Waals surface area contributed by atoms with Gasteiger partial charge in [0.1, 0.15) is 23.4 Å². The number of hydrogen-bond donors (Lipinski definition) is 2. The Labute approximate surface area is 313 Å². The molecule has 6 aromatic rings. The molecule has 2 N–H and O–H groups in total. The summed E-state index contributed by atoms with van der Waals surface area (Å²) in [5, 5.41) is 17.9. The van der Waals surface area contributed by atoms with E-state index in [0.717, 1.165) is 22.5 Å². The molecule has 0 radical (unpaired) electrons. The summed E-state index contributed by atoms with van der Waals surface area (Å²) in [4.78, 5) is 39.1. The SMILES string of the molecule is COc1cccc(OC)c1-c1cc(C(=O)Nc2nnc(-n3nccc3NC(C)=O)s2)oc(=O)c1OC(COCc1ccccc1)COCc1ccccc1. The van der Waals surface area contributed by atoms with Crippen molar-refractivity contribution >= 4 is 34.1 Å². The third-order valence-corrected chi connectivity index (χ3v) is 8.52. The zero-order valence-corrected chi connectivity index (χ0v) is 30.3. The van der Waals surface area contributed by atoms with Crippen molar-refractivity contribution in [2.45, 2.75) is 26.2 Å². The molecule has 0 atom stereocenters. The summed E-state index contributed by atoms with van der Waals surface area (Å²) in [7, 11) is 2.94. The van der Waals surface area contributed by atoms with Crippen LogP contribution in [0.4, 0.5) is 10.9 Å². The Morgan fingerprint density at radius 3 is 2.06 bits per heavy atom. The predicted octanol–water partition coefficient (Wildman–Crippen LogP) is 5.75. The minimum Gasteiger partial charge on any atom is -0.496 e. The molecule has 0 fully saturated rings. The van der Waals surface area contributed by atoms with Gasteiger partial charge in [0, 0.05) is 18.6 Å². The van der Waals surface area contributed by atoms with E-state index in [9.17, 15) is 14.4 Å². The van der Waals surface area contributed by atoms with Crippen molar-refractivity contribution in [2.75, 3.05) is 38.1 Å². The Morgan fingerprint density at radius 2 is 1.46 bits per heavy atom. The Hall–Kier alpha value is -6.36. The Balaban J connectivity index is 1.31. The molecule has 54 heavy (non-hydrogen) atoms. The highest BCUT2D eigenvalue weighted by atomic mass is 32.1. The van der Waals surface area contributed by atoms with Gasteiger partial charge in [0.05, 0.1) is 52.4 Å². The maximum Gasteiger partial charge on any atom is 0.379 e. The van der Waals surface area contributed by atoms with E-state index in [4.69, 9.17) is 28.1 Å². The second-order valence-electron chi connectivity index (χ2n) is 11.6. The van der Waals surface area contributed by atoms with Gasteiger partial charge in [0.2, 0.25) is 21.9 Å². The van der Waals surface area contributed by atoms with Gasteiger partial charge < -0.3 is 33.4 Å². The number of amides is 2. The van der Waals surface area contributed by atoms with Crippen LogP contribution in [-0.4, -0.2) is 65.3 Å². The lowest BCUT2D eigenvalue weighted by Gasteiger charge is -2.22. The Morgan fingerprint density at radius 1 is 0.833 bits per heavy atom. The smallest absolute Gasteiger partial charge is 0.379 e. The number of anilines is 2. The fraction of sp³-hybridized carbons (Fsp3) is 0.211. The van der Waals surface area contributed by atoms with Crippen molar-refractivity contribution in [3.63, 3.8) is 0 Å². The fourth-order valence-electron chi connectivity index (χ4n) is 5.30. The number of carbonyl (C=O) groups excluding carboxylic acids is 2. The molecular weight excluding hydrogens is 717 g/mol. The first kappa shape index (κ1) is 37.4. The summed E-state index contributed by atoms with van der Waals surface area (Å²) in [6.45, 7) is 2.05. The molecule has 15 nitrogen and oxygen atoms in total. The van der Waals surface area contributed by atoms with Crippen LogP contribution >= 0.6 is 11.3 Å². The first-order chi connectivity index (χ1) is 26.3. The van der Waals surface area contributed by atoms with Gasteiger partial charge in [0.15, 0.2) is 5.76 Å². The van der Waals surface area contributed by atoms with Gasteiger partial charge in [-0.2, -0.15) is 9.78 Å². The van der Waals surface area contributed by atoms with Crippen molar-refractivity contribution in [3.05, 3.63) is 124 Å². The van der Waals surface area contributed by atoms with E-state index in [1.54, 1.807) is 24.3 Å². The molecule has 0 aliphatic rings. The average Bonchev–Trinajstić information content (AvgIpc) is 3.84. The van der Waals surface area contributed by atoms with Crippen LogP contribution in [0.3, 0.4) is 0 Å². The quantitative estimate of drug-likeness (QED) is 0.115. The van der Waals surface area contributed by atoms with E-state index in [1.807, 2.05) is 60.7 Å². The minimum absolute atomic E-state index is 0.0488. The van der Waals surface area contributed by atoms with Crippen LogP contribution in [0, 0.1) is 0 Å². The molecule has 0 unspecified atom stereocenters. The zero-order chi connectivity index (χ0) is 37.9. The van der Waals surface area contributed by atoms with E-state index in [2.05, 4.69) is 25.9 Å². The maximum atomic E-state index is 13.9. The predicted molar refractivity (Wildman–Crippen MR) is 199 cm³/mol. The zero-order valence-electron chi connectivity index (χ0n) is 29.5. The molecule has 0 saturated heterocycles. The highest BCUT2D eigenvalue weighted by Gasteiger charge is 2.27. The van der Waals surface area contributed by atoms with E-state index in [0.29, 0.717) is 36.1 Å². The first-order valence-corrected chi connectivity index (χ1v) is 17.4. The van der Waals surface area contributed by atoms with E-state index >= 15 is 0 Å². The molecule has 0 bridgehead atoms. The number of aromatic nitrogens is 4. The number of carbonyl (C=O) groups is 2. The van der Waals surface area contributed by atoms with E-state index in [-0.39, 0.29) is 46.5 Å². The van der Waals surface area contributed by atoms with Crippen LogP contribution in [0.15, 0.2) is 106 Å². The normalized spacial score (nSPS) is 11.0. The summed E-state index contributed by atoms with van der Waals surface area (Å²) in [5.41, 5.74) is 1.47. The summed E-state index contributed by atoms with van der Waals surface area (Å²) in [5.74, 6) is -0.621. The third kappa shape index (κ3) is 9.35. The molecule has 0 spiro atoms. The Kier molecular flexibility index (Phi) is 12.4. The number of hydrogen-bond acceptors (Lipinski definition) is 13. The van der Waals surface area contributed by atoms with Crippen LogP contribution in [0.5, 0.6) is 17.2 Å². The van der Waals surface area contributed by atoms with Crippen molar-refractivity contribution in [3.8, 4) is 33.5 Å². The lowest BCUT2D eigenvalue weighted by Crippen LogP contribution is -2.31. The maximum absolute atomic E-state index is 13.9. The monoisotopic (exact) mass is 752 g/mol. The fourth-order valence-corrected chi connectivity index (χ4v) is 6.01. The number of benzene rings is 3. The summed E-state index contributed by atoms with van der Waals surface area (Å²) in [6.07, 6.45) is 0.690. The summed E-state index contributed by atoms with van der Waals surface area (Å²) >= 11 is 0.978. The lowest BCUT2D eigenvalue weighted by molar-refractivity contribution is -0.114. The highest BCUT2D eigenvalue weighted by Crippen LogP contribution is 2.42. The van der Waals surface area contributed by atoms with E-state index < -0.39 is 17.6 Å². The van der Waals surface area contributed by atoms with Crippen molar-refractivity contribution < 1.29 is 37.7 Å². The molecule has 0 aliphatic carbocycles. The number of methoxy groups -OCH3 is 2. The molecule has 0 aliphatic heterocycles. The first-order valence-electron chi connectivity index (χ1n) is 16.6. The molecule has 3 aromatic heterocycles. The molecule has 278 valence electrons. The largest absolute Gasteiger partial charge is 0.496 e. The lowest BCUT2D eigenvalue weighted by atomic mass is 10.0. The molecule has 3 aromatic carbocycles. The van der Waals surface area contributed by atoms with Crippen LogP contribution in [0.25, 0.3) is 16.3 Å². The van der Waals surface area contributed by atoms with Crippen LogP contribution in [0.1, 0.15) is 28.6 Å². The standard InChI is InChI=1S/C38H36N6O9S/c1-24(45)40-32-17-18-39-44(32)38-43-42-37(54-38)41-35(46)31-19-28(33-29(48-2)15-10-16-30(33)49-3)34(36(47)53-31)52-27(22-50-20-25-11-6-4-7-12-25)23-51-21-26-13-8-5-9-14-26/h4-19,27H,20-23H2,1-3H3,(H,40,45)(H,41,42,46). The van der Waals surface area contributed by atoms with Gasteiger partial charge in [-0.1, -0.05) is 78.1 Å². The van der Waals surface area contributed by atoms with Gasteiger partial charge >= 0.3 is 5.63 Å². The topological polar surface area (TPSA) is 178 Å². The average molecular weight is 753 g/mol. The number of nitrogens with zero attached hydrogens (tertiary/aromatic N) is 4. The van der Waals surface area contributed by atoms with Gasteiger partial charge in [-0.15, -0.1) is 10.2 Å². The van der Waals surface area contributed by atoms with Crippen molar-refractivity contribution in [2.24, 2.45) is 0 Å².